The molecule has 1 amide bonds. The van der Waals surface area contributed by atoms with Crippen LogP contribution in [0.1, 0.15) is 19.4 Å². The summed E-state index contributed by atoms with van der Waals surface area (Å²) < 4.78 is 3.03. The lowest BCUT2D eigenvalue weighted by atomic mass is 10.2. The van der Waals surface area contributed by atoms with Crippen LogP contribution < -0.4 is 5.32 Å². The molecule has 3 aromatic rings. The molecule has 0 saturated heterocycles. The standard InChI is InChI=1S/C21H23BrN4OS/c1-15(2)12-23-19(27)14-28-21-25-24-20(17-10-6-7-11-18(17)22)26(21)13-16-8-4-3-5-9-16/h3-11,15H,12-14H2,1-2H3,(H,23,27). The van der Waals surface area contributed by atoms with Crippen LogP contribution in [0.3, 0.4) is 0 Å². The molecule has 0 saturated carbocycles. The van der Waals surface area contributed by atoms with Crippen molar-refractivity contribution in [2.45, 2.75) is 25.5 Å². The number of nitrogens with zero attached hydrogens (tertiary/aromatic N) is 3. The van der Waals surface area contributed by atoms with Gasteiger partial charge in [0.05, 0.1) is 12.3 Å². The number of amides is 1. The van der Waals surface area contributed by atoms with E-state index in [1.807, 2.05) is 42.5 Å². The Kier molecular flexibility index (Phi) is 7.28. The number of thioether (sulfide) groups is 1. The fraction of sp³-hybridized carbons (Fsp3) is 0.286. The molecule has 0 aliphatic heterocycles. The van der Waals surface area contributed by atoms with Crippen LogP contribution in [-0.2, 0) is 11.3 Å². The molecule has 0 bridgehead atoms. The zero-order valence-corrected chi connectivity index (χ0v) is 18.3. The maximum absolute atomic E-state index is 12.1. The van der Waals surface area contributed by atoms with Crippen molar-refractivity contribution in [3.63, 3.8) is 0 Å². The molecule has 0 spiro atoms. The molecule has 0 unspecified atom stereocenters. The topological polar surface area (TPSA) is 59.8 Å². The monoisotopic (exact) mass is 458 g/mol. The van der Waals surface area contributed by atoms with E-state index in [2.05, 4.69) is 62.0 Å². The van der Waals surface area contributed by atoms with Gasteiger partial charge in [-0.05, 0) is 17.5 Å². The zero-order chi connectivity index (χ0) is 19.9. The minimum Gasteiger partial charge on any atom is -0.355 e. The Labute approximate surface area is 178 Å². The molecule has 2 aromatic carbocycles. The van der Waals surface area contributed by atoms with Gasteiger partial charge in [0.15, 0.2) is 11.0 Å². The van der Waals surface area contributed by atoms with Gasteiger partial charge < -0.3 is 5.32 Å². The first-order chi connectivity index (χ1) is 13.5. The average molecular weight is 459 g/mol. The third-order valence-electron chi connectivity index (χ3n) is 4.05. The molecule has 7 heteroatoms. The van der Waals surface area contributed by atoms with Crippen LogP contribution in [0.4, 0.5) is 0 Å². The van der Waals surface area contributed by atoms with Gasteiger partial charge in [0.2, 0.25) is 5.91 Å². The Bertz CT molecular complexity index is 927. The third kappa shape index (κ3) is 5.45. The highest BCUT2D eigenvalue weighted by Crippen LogP contribution is 2.30. The predicted molar refractivity (Wildman–Crippen MR) is 117 cm³/mol. The van der Waals surface area contributed by atoms with E-state index in [1.165, 1.54) is 11.8 Å². The van der Waals surface area contributed by atoms with Crippen molar-refractivity contribution in [1.82, 2.24) is 20.1 Å². The number of nitrogens with one attached hydrogen (secondary N) is 1. The van der Waals surface area contributed by atoms with Crippen molar-refractivity contribution in [2.24, 2.45) is 5.92 Å². The highest BCUT2D eigenvalue weighted by Gasteiger charge is 2.17. The minimum absolute atomic E-state index is 0.00963. The van der Waals surface area contributed by atoms with Gasteiger partial charge in [-0.15, -0.1) is 10.2 Å². The summed E-state index contributed by atoms with van der Waals surface area (Å²) in [4.78, 5) is 12.1. The molecule has 0 radical (unpaired) electrons. The second-order valence-electron chi connectivity index (χ2n) is 6.84. The molecule has 0 aliphatic rings. The number of hydrogen-bond donors (Lipinski definition) is 1. The first-order valence-electron chi connectivity index (χ1n) is 9.16. The Morgan fingerprint density at radius 3 is 2.54 bits per heavy atom. The second kappa shape index (κ2) is 9.89. The lowest BCUT2D eigenvalue weighted by Gasteiger charge is -2.12. The van der Waals surface area contributed by atoms with E-state index in [0.717, 1.165) is 26.6 Å². The van der Waals surface area contributed by atoms with Crippen LogP contribution in [0, 0.1) is 5.92 Å². The number of benzene rings is 2. The molecule has 3 rings (SSSR count). The van der Waals surface area contributed by atoms with Gasteiger partial charge in [-0.1, -0.05) is 90.1 Å². The van der Waals surface area contributed by atoms with Crippen molar-refractivity contribution in [2.75, 3.05) is 12.3 Å². The molecule has 5 nitrogen and oxygen atoms in total. The van der Waals surface area contributed by atoms with Gasteiger partial charge in [0, 0.05) is 16.6 Å². The van der Waals surface area contributed by atoms with Crippen LogP contribution in [-0.4, -0.2) is 33.0 Å². The van der Waals surface area contributed by atoms with Crippen molar-refractivity contribution in [3.05, 3.63) is 64.6 Å². The van der Waals surface area contributed by atoms with E-state index in [1.54, 1.807) is 0 Å². The minimum atomic E-state index is 0.00963. The lowest BCUT2D eigenvalue weighted by molar-refractivity contribution is -0.118. The van der Waals surface area contributed by atoms with E-state index in [-0.39, 0.29) is 5.91 Å². The number of halogens is 1. The van der Waals surface area contributed by atoms with Crippen molar-refractivity contribution >= 4 is 33.6 Å². The Morgan fingerprint density at radius 2 is 1.82 bits per heavy atom. The first-order valence-corrected chi connectivity index (χ1v) is 10.9. The fourth-order valence-corrected chi connectivity index (χ4v) is 3.87. The van der Waals surface area contributed by atoms with Crippen LogP contribution in [0.25, 0.3) is 11.4 Å². The molecule has 0 atom stereocenters. The summed E-state index contributed by atoms with van der Waals surface area (Å²) in [7, 11) is 0. The van der Waals surface area contributed by atoms with Crippen molar-refractivity contribution in [3.8, 4) is 11.4 Å². The van der Waals surface area contributed by atoms with Crippen LogP contribution in [0.5, 0.6) is 0 Å². The fourth-order valence-electron chi connectivity index (χ4n) is 2.64. The molecule has 1 aromatic heterocycles. The molecule has 28 heavy (non-hydrogen) atoms. The summed E-state index contributed by atoms with van der Waals surface area (Å²) in [5, 5.41) is 12.5. The number of carbonyl (C=O) groups is 1. The highest BCUT2D eigenvalue weighted by molar-refractivity contribution is 9.10. The second-order valence-corrected chi connectivity index (χ2v) is 8.64. The average Bonchev–Trinajstić information content (AvgIpc) is 3.08. The number of rotatable bonds is 8. The van der Waals surface area contributed by atoms with Crippen LogP contribution in [0.2, 0.25) is 0 Å². The normalized spacial score (nSPS) is 11.0. The molecule has 0 aliphatic carbocycles. The largest absolute Gasteiger partial charge is 0.355 e. The first kappa shape index (κ1) is 20.6. The summed E-state index contributed by atoms with van der Waals surface area (Å²) in [6, 6.07) is 18.1. The molecule has 1 heterocycles. The predicted octanol–water partition coefficient (Wildman–Crippen LogP) is 4.62. The molecule has 146 valence electrons. The Hall–Kier alpha value is -2.12. The van der Waals surface area contributed by atoms with E-state index in [4.69, 9.17) is 0 Å². The van der Waals surface area contributed by atoms with E-state index in [0.29, 0.717) is 24.8 Å². The number of aromatic nitrogens is 3. The van der Waals surface area contributed by atoms with Gasteiger partial charge in [-0.2, -0.15) is 0 Å². The molecule has 0 fully saturated rings. The van der Waals surface area contributed by atoms with Gasteiger partial charge in [-0.25, -0.2) is 0 Å². The molecule has 1 N–H and O–H groups in total. The van der Waals surface area contributed by atoms with Gasteiger partial charge in [0.1, 0.15) is 0 Å². The summed E-state index contributed by atoms with van der Waals surface area (Å²) in [6.45, 7) is 5.47. The van der Waals surface area contributed by atoms with Crippen molar-refractivity contribution < 1.29 is 4.79 Å². The van der Waals surface area contributed by atoms with Gasteiger partial charge in [0.25, 0.3) is 0 Å². The third-order valence-corrected chi connectivity index (χ3v) is 5.71. The quantitative estimate of drug-likeness (QED) is 0.500. The summed E-state index contributed by atoms with van der Waals surface area (Å²) in [5.41, 5.74) is 2.13. The number of carbonyl (C=O) groups excluding carboxylic acids is 1. The highest BCUT2D eigenvalue weighted by atomic mass is 79.9. The smallest absolute Gasteiger partial charge is 0.230 e. The maximum Gasteiger partial charge on any atom is 0.230 e. The van der Waals surface area contributed by atoms with Crippen LogP contribution >= 0.6 is 27.7 Å². The number of hydrogen-bond acceptors (Lipinski definition) is 4. The van der Waals surface area contributed by atoms with E-state index in [9.17, 15) is 4.79 Å². The van der Waals surface area contributed by atoms with Crippen LogP contribution in [0.15, 0.2) is 64.2 Å². The van der Waals surface area contributed by atoms with E-state index >= 15 is 0 Å². The molecular formula is C21H23BrN4OS. The summed E-state index contributed by atoms with van der Waals surface area (Å²) >= 11 is 5.02. The summed E-state index contributed by atoms with van der Waals surface area (Å²) in [5.74, 6) is 1.53. The van der Waals surface area contributed by atoms with Crippen molar-refractivity contribution in [1.29, 1.82) is 0 Å². The Balaban J connectivity index is 1.85. The molecular weight excluding hydrogens is 436 g/mol. The lowest BCUT2D eigenvalue weighted by Crippen LogP contribution is -2.28. The van der Waals surface area contributed by atoms with Gasteiger partial charge in [-0.3, -0.25) is 9.36 Å². The Morgan fingerprint density at radius 1 is 1.11 bits per heavy atom. The summed E-state index contributed by atoms with van der Waals surface area (Å²) in [6.07, 6.45) is 0. The zero-order valence-electron chi connectivity index (χ0n) is 15.9. The maximum atomic E-state index is 12.1. The SMILES string of the molecule is CC(C)CNC(=O)CSc1nnc(-c2ccccc2Br)n1Cc1ccccc1. The van der Waals surface area contributed by atoms with E-state index < -0.39 is 0 Å². The van der Waals surface area contributed by atoms with Gasteiger partial charge >= 0.3 is 0 Å².